The minimum absolute atomic E-state index is 0.203. The first-order valence-corrected chi connectivity index (χ1v) is 17.0. The molecule has 1 aliphatic carbocycles. The van der Waals surface area contributed by atoms with Crippen molar-refractivity contribution < 1.29 is 19.0 Å². The highest BCUT2D eigenvalue weighted by Crippen LogP contribution is 2.57. The van der Waals surface area contributed by atoms with Crippen molar-refractivity contribution in [2.45, 2.75) is 61.7 Å². The molecular formula is C31H36ClFN8O3S. The van der Waals surface area contributed by atoms with Gasteiger partial charge in [0.2, 0.25) is 0 Å². The third-order valence-corrected chi connectivity index (χ3v) is 10.2. The van der Waals surface area contributed by atoms with Crippen LogP contribution in [0.3, 0.4) is 0 Å². The Bertz CT molecular complexity index is 1980. The summed E-state index contributed by atoms with van der Waals surface area (Å²) in [7, 11) is 3.85. The van der Waals surface area contributed by atoms with Gasteiger partial charge < -0.3 is 24.0 Å². The van der Waals surface area contributed by atoms with Crippen molar-refractivity contribution in [3.8, 4) is 11.3 Å². The molecule has 1 N–H and O–H groups in total. The molecule has 2 saturated heterocycles. The number of alkyl halides is 1. The van der Waals surface area contributed by atoms with E-state index in [2.05, 4.69) is 4.90 Å². The largest absolute Gasteiger partial charge is 0.386 e. The number of aromatic nitrogens is 7. The summed E-state index contributed by atoms with van der Waals surface area (Å²) >= 11 is 8.46. The zero-order valence-electron chi connectivity index (χ0n) is 25.8. The van der Waals surface area contributed by atoms with Gasteiger partial charge in [0, 0.05) is 48.8 Å². The maximum absolute atomic E-state index is 16.3. The van der Waals surface area contributed by atoms with Crippen LogP contribution in [0.1, 0.15) is 50.8 Å². The lowest BCUT2D eigenvalue weighted by atomic mass is 9.95. The molecule has 14 heteroatoms. The fraction of sp³-hybridized carbons (Fsp3) is 0.548. The Morgan fingerprint density at radius 1 is 1.16 bits per heavy atom. The molecule has 0 radical (unpaired) electrons. The van der Waals surface area contributed by atoms with Crippen LogP contribution in [0.15, 0.2) is 17.4 Å². The van der Waals surface area contributed by atoms with Gasteiger partial charge in [0.05, 0.1) is 47.9 Å². The summed E-state index contributed by atoms with van der Waals surface area (Å²) in [6.45, 7) is 4.06. The first kappa shape index (κ1) is 29.4. The zero-order chi connectivity index (χ0) is 31.2. The van der Waals surface area contributed by atoms with Gasteiger partial charge in [-0.15, -0.1) is 0 Å². The minimum Gasteiger partial charge on any atom is -0.386 e. The summed E-state index contributed by atoms with van der Waals surface area (Å²) in [5.74, 6) is 0.707. The molecule has 3 aliphatic rings. The maximum Gasteiger partial charge on any atom is 0.191 e. The van der Waals surface area contributed by atoms with Crippen LogP contribution in [0.4, 0.5) is 10.2 Å². The standard InChI is InChI=1S/C31H36ClFN8O3S/c1-30(42)15-40(10-12-43-16-30)28-22-25-26(38(2)27(22)35-29(36-28)45-4)24(37-39(25)3)21-17-14-34-41(20-7-5-6-11-44-20)19(17)13-18(32)23(21)31(33)8-9-31/h13-14,20,42H,5-12,15-16H2,1-4H3/t20?,30-/m0/s1. The van der Waals surface area contributed by atoms with Crippen LogP contribution in [0, 0.1) is 0 Å². The predicted octanol–water partition coefficient (Wildman–Crippen LogP) is 5.49. The third kappa shape index (κ3) is 4.64. The number of aryl methyl sites for hydroxylation is 2. The lowest BCUT2D eigenvalue weighted by molar-refractivity contribution is -0.0366. The van der Waals surface area contributed by atoms with Gasteiger partial charge in [-0.2, -0.15) is 10.2 Å². The number of hydrogen-bond donors (Lipinski definition) is 1. The predicted molar refractivity (Wildman–Crippen MR) is 173 cm³/mol. The molecule has 238 valence electrons. The fourth-order valence-electron chi connectivity index (χ4n) is 7.11. The Morgan fingerprint density at radius 3 is 2.71 bits per heavy atom. The van der Waals surface area contributed by atoms with Gasteiger partial charge in [-0.1, -0.05) is 23.4 Å². The lowest BCUT2D eigenvalue weighted by Crippen LogP contribution is -2.42. The number of halogens is 2. The summed E-state index contributed by atoms with van der Waals surface area (Å²) < 4.78 is 33.9. The van der Waals surface area contributed by atoms with Crippen molar-refractivity contribution in [1.29, 1.82) is 0 Å². The summed E-state index contributed by atoms with van der Waals surface area (Å²) in [5.41, 5.74) is 2.29. The van der Waals surface area contributed by atoms with Gasteiger partial charge in [-0.25, -0.2) is 19.0 Å². The molecule has 1 unspecified atom stereocenters. The number of rotatable bonds is 5. The zero-order valence-corrected chi connectivity index (χ0v) is 27.4. The summed E-state index contributed by atoms with van der Waals surface area (Å²) in [4.78, 5) is 12.0. The SMILES string of the molecule is CSc1nc(N2CCOC[C@@](C)(O)C2)c2c3c(c(-c4c(C5(F)CC5)c(Cl)cc5c4cnn5C4CCCCO4)nn3C)n(C)c2n1. The van der Waals surface area contributed by atoms with E-state index in [1.165, 1.54) is 11.8 Å². The van der Waals surface area contributed by atoms with Crippen molar-refractivity contribution >= 4 is 62.2 Å². The first-order valence-electron chi connectivity index (χ1n) is 15.4. The third-order valence-electron chi connectivity index (χ3n) is 9.35. The second-order valence-electron chi connectivity index (χ2n) is 12.8. The van der Waals surface area contributed by atoms with Crippen molar-refractivity contribution in [3.05, 3.63) is 22.8 Å². The number of β-amino-alcohol motifs (C(OH)–C–C–N with tert-alkyl or cyclic N) is 1. The number of thioether (sulfide) groups is 1. The van der Waals surface area contributed by atoms with E-state index in [0.717, 1.165) is 52.2 Å². The van der Waals surface area contributed by atoms with Gasteiger partial charge in [-0.05, 0) is 51.3 Å². The van der Waals surface area contributed by atoms with Gasteiger partial charge in [-0.3, -0.25) is 4.68 Å². The molecule has 2 aliphatic heterocycles. The van der Waals surface area contributed by atoms with E-state index in [9.17, 15) is 5.11 Å². The van der Waals surface area contributed by atoms with Crippen LogP contribution in [0.5, 0.6) is 0 Å². The van der Waals surface area contributed by atoms with E-state index in [1.54, 1.807) is 13.1 Å². The molecule has 6 heterocycles. The van der Waals surface area contributed by atoms with Gasteiger partial charge in [0.25, 0.3) is 0 Å². The first-order chi connectivity index (χ1) is 21.6. The molecule has 1 saturated carbocycles. The Labute approximate surface area is 268 Å². The normalized spacial score (nSPS) is 23.8. The number of aliphatic hydroxyl groups is 1. The smallest absolute Gasteiger partial charge is 0.191 e. The minimum atomic E-state index is -1.53. The molecular weight excluding hydrogens is 619 g/mol. The lowest BCUT2D eigenvalue weighted by Gasteiger charge is -2.28. The average Bonchev–Trinajstić information content (AvgIpc) is 3.40. The van der Waals surface area contributed by atoms with E-state index in [4.69, 9.17) is 41.2 Å². The summed E-state index contributed by atoms with van der Waals surface area (Å²) in [5, 5.41) is 23.5. The highest BCUT2D eigenvalue weighted by molar-refractivity contribution is 7.98. The molecule has 5 aromatic rings. The Hall–Kier alpha value is -2.97. The van der Waals surface area contributed by atoms with Gasteiger partial charge in [0.1, 0.15) is 28.4 Å². The molecule has 11 nitrogen and oxygen atoms in total. The molecule has 0 bridgehead atoms. The second-order valence-corrected chi connectivity index (χ2v) is 14.0. The fourth-order valence-corrected chi connectivity index (χ4v) is 7.83. The van der Waals surface area contributed by atoms with E-state index in [-0.39, 0.29) is 12.8 Å². The van der Waals surface area contributed by atoms with Crippen molar-refractivity contribution in [3.63, 3.8) is 0 Å². The van der Waals surface area contributed by atoms with Crippen LogP contribution >= 0.6 is 23.4 Å². The second kappa shape index (κ2) is 10.5. The number of hydrogen-bond acceptors (Lipinski definition) is 9. The highest BCUT2D eigenvalue weighted by atomic mass is 35.5. The van der Waals surface area contributed by atoms with Gasteiger partial charge in [0.15, 0.2) is 11.4 Å². The molecule has 0 amide bonds. The van der Waals surface area contributed by atoms with E-state index < -0.39 is 11.3 Å². The van der Waals surface area contributed by atoms with Crippen molar-refractivity contribution in [2.24, 2.45) is 14.1 Å². The van der Waals surface area contributed by atoms with Crippen LogP contribution in [-0.2, 0) is 29.2 Å². The Balaban J connectivity index is 1.42. The van der Waals surface area contributed by atoms with Crippen molar-refractivity contribution in [2.75, 3.05) is 44.1 Å². The van der Waals surface area contributed by atoms with Crippen LogP contribution in [-0.4, -0.2) is 84.0 Å². The van der Waals surface area contributed by atoms with Crippen LogP contribution in [0.25, 0.3) is 44.2 Å². The number of ether oxygens (including phenoxy) is 2. The average molecular weight is 655 g/mol. The molecule has 4 aromatic heterocycles. The maximum atomic E-state index is 16.3. The molecule has 3 fully saturated rings. The highest BCUT2D eigenvalue weighted by Gasteiger charge is 2.49. The van der Waals surface area contributed by atoms with E-state index >= 15 is 4.39 Å². The number of nitrogens with zero attached hydrogens (tertiary/aromatic N) is 8. The monoisotopic (exact) mass is 654 g/mol. The molecule has 2 atom stereocenters. The topological polar surface area (TPSA) is 108 Å². The number of anilines is 1. The number of benzene rings is 1. The molecule has 0 spiro atoms. The summed E-state index contributed by atoms with van der Waals surface area (Å²) in [6, 6.07) is 1.84. The number of fused-ring (bicyclic) bond motifs is 4. The van der Waals surface area contributed by atoms with Crippen LogP contribution < -0.4 is 4.90 Å². The Morgan fingerprint density at radius 2 is 1.98 bits per heavy atom. The summed E-state index contributed by atoms with van der Waals surface area (Å²) in [6.07, 6.45) is 7.27. The molecule has 1 aromatic carbocycles. The van der Waals surface area contributed by atoms with Gasteiger partial charge >= 0.3 is 0 Å². The van der Waals surface area contributed by atoms with E-state index in [0.29, 0.717) is 72.0 Å². The van der Waals surface area contributed by atoms with E-state index in [1.807, 2.05) is 40.3 Å². The molecule has 8 rings (SSSR count). The molecule has 45 heavy (non-hydrogen) atoms. The Kier molecular flexibility index (Phi) is 6.89. The quantitative estimate of drug-likeness (QED) is 0.194. The van der Waals surface area contributed by atoms with Crippen molar-refractivity contribution in [1.82, 2.24) is 34.1 Å². The van der Waals surface area contributed by atoms with Crippen LogP contribution in [0.2, 0.25) is 5.02 Å².